The number of nitrogens with zero attached hydrogens (tertiary/aromatic N) is 2. The molecular formula is C12H21N3S. The average molecular weight is 239 g/mol. The van der Waals surface area contributed by atoms with Crippen molar-refractivity contribution in [2.45, 2.75) is 58.5 Å². The minimum Gasteiger partial charge on any atom is -0.308 e. The van der Waals surface area contributed by atoms with Crippen LogP contribution in [0.15, 0.2) is 0 Å². The van der Waals surface area contributed by atoms with Crippen LogP contribution in [0.4, 0.5) is 0 Å². The van der Waals surface area contributed by atoms with Gasteiger partial charge in [-0.3, -0.25) is 0 Å². The van der Waals surface area contributed by atoms with Crippen molar-refractivity contribution in [2.24, 2.45) is 5.92 Å². The second kappa shape index (κ2) is 5.73. The standard InChI is InChI=1S/C12H21N3S/c1-3-10-4-6-11(7-5-10)13-8-12-15-14-9(2)16-12/h10-11,13H,3-8H2,1-2H3. The highest BCUT2D eigenvalue weighted by Crippen LogP contribution is 2.26. The summed E-state index contributed by atoms with van der Waals surface area (Å²) in [4.78, 5) is 0. The third-order valence-electron chi connectivity index (χ3n) is 3.53. The third-order valence-corrected chi connectivity index (χ3v) is 4.37. The molecule has 1 aromatic rings. The first-order valence-electron chi connectivity index (χ1n) is 6.30. The zero-order chi connectivity index (χ0) is 11.4. The average Bonchev–Trinajstić information content (AvgIpc) is 2.73. The van der Waals surface area contributed by atoms with E-state index in [2.05, 4.69) is 22.4 Å². The van der Waals surface area contributed by atoms with Gasteiger partial charge in [0.25, 0.3) is 0 Å². The fourth-order valence-corrected chi connectivity index (χ4v) is 3.08. The topological polar surface area (TPSA) is 37.8 Å². The Morgan fingerprint density at radius 3 is 2.56 bits per heavy atom. The van der Waals surface area contributed by atoms with Gasteiger partial charge in [-0.15, -0.1) is 21.5 Å². The van der Waals surface area contributed by atoms with Crippen LogP contribution >= 0.6 is 11.3 Å². The third kappa shape index (κ3) is 3.25. The minimum absolute atomic E-state index is 0.701. The second-order valence-electron chi connectivity index (χ2n) is 4.72. The van der Waals surface area contributed by atoms with Crippen LogP contribution in [0.3, 0.4) is 0 Å². The molecule has 0 amide bonds. The van der Waals surface area contributed by atoms with Gasteiger partial charge in [0.2, 0.25) is 0 Å². The molecule has 4 heteroatoms. The van der Waals surface area contributed by atoms with Crippen molar-refractivity contribution in [3.05, 3.63) is 10.0 Å². The predicted molar refractivity (Wildman–Crippen MR) is 67.5 cm³/mol. The molecule has 1 heterocycles. The Morgan fingerprint density at radius 1 is 1.25 bits per heavy atom. The summed E-state index contributed by atoms with van der Waals surface area (Å²) < 4.78 is 0. The number of nitrogens with one attached hydrogen (secondary N) is 1. The van der Waals surface area contributed by atoms with Crippen molar-refractivity contribution in [2.75, 3.05) is 0 Å². The van der Waals surface area contributed by atoms with Gasteiger partial charge in [0, 0.05) is 12.6 Å². The van der Waals surface area contributed by atoms with Gasteiger partial charge in [-0.05, 0) is 38.5 Å². The molecule has 0 atom stereocenters. The van der Waals surface area contributed by atoms with Crippen LogP contribution in [0, 0.1) is 12.8 Å². The first kappa shape index (κ1) is 12.0. The zero-order valence-corrected chi connectivity index (χ0v) is 11.0. The van der Waals surface area contributed by atoms with E-state index >= 15 is 0 Å². The molecule has 1 saturated carbocycles. The van der Waals surface area contributed by atoms with E-state index in [1.165, 1.54) is 32.1 Å². The van der Waals surface area contributed by atoms with Gasteiger partial charge in [-0.2, -0.15) is 0 Å². The maximum absolute atomic E-state index is 4.14. The van der Waals surface area contributed by atoms with Crippen LogP contribution in [-0.2, 0) is 6.54 Å². The lowest BCUT2D eigenvalue weighted by Gasteiger charge is -2.28. The minimum atomic E-state index is 0.701. The van der Waals surface area contributed by atoms with Crippen molar-refractivity contribution in [1.82, 2.24) is 15.5 Å². The van der Waals surface area contributed by atoms with E-state index < -0.39 is 0 Å². The summed E-state index contributed by atoms with van der Waals surface area (Å²) in [6.45, 7) is 5.21. The molecule has 2 rings (SSSR count). The summed E-state index contributed by atoms with van der Waals surface area (Å²) in [6.07, 6.45) is 6.79. The Hall–Kier alpha value is -0.480. The van der Waals surface area contributed by atoms with Crippen LogP contribution < -0.4 is 5.32 Å². The summed E-state index contributed by atoms with van der Waals surface area (Å²) in [6, 6.07) is 0.701. The first-order chi connectivity index (χ1) is 7.78. The van der Waals surface area contributed by atoms with E-state index in [0.29, 0.717) is 6.04 Å². The summed E-state index contributed by atoms with van der Waals surface area (Å²) in [5.74, 6) is 0.974. The fraction of sp³-hybridized carbons (Fsp3) is 0.833. The number of hydrogen-bond donors (Lipinski definition) is 1. The van der Waals surface area contributed by atoms with Crippen LogP contribution in [-0.4, -0.2) is 16.2 Å². The van der Waals surface area contributed by atoms with Gasteiger partial charge in [0.1, 0.15) is 10.0 Å². The van der Waals surface area contributed by atoms with Crippen LogP contribution in [0.1, 0.15) is 49.0 Å². The molecule has 0 bridgehead atoms. The summed E-state index contributed by atoms with van der Waals surface area (Å²) in [5, 5.41) is 14.0. The van der Waals surface area contributed by atoms with Crippen molar-refractivity contribution >= 4 is 11.3 Å². The van der Waals surface area contributed by atoms with Crippen molar-refractivity contribution in [3.63, 3.8) is 0 Å². The van der Waals surface area contributed by atoms with E-state index in [9.17, 15) is 0 Å². The molecule has 0 aliphatic heterocycles. The second-order valence-corrected chi connectivity index (χ2v) is 5.99. The molecule has 90 valence electrons. The van der Waals surface area contributed by atoms with Gasteiger partial charge in [0.15, 0.2) is 0 Å². The zero-order valence-electron chi connectivity index (χ0n) is 10.2. The van der Waals surface area contributed by atoms with Crippen LogP contribution in [0.2, 0.25) is 0 Å². The van der Waals surface area contributed by atoms with E-state index in [0.717, 1.165) is 22.5 Å². The Bertz CT molecular complexity index is 316. The normalized spacial score (nSPS) is 25.9. The highest BCUT2D eigenvalue weighted by atomic mass is 32.1. The largest absolute Gasteiger partial charge is 0.308 e. The van der Waals surface area contributed by atoms with Gasteiger partial charge in [-0.1, -0.05) is 13.3 Å². The molecule has 1 fully saturated rings. The summed E-state index contributed by atoms with van der Waals surface area (Å²) in [5.41, 5.74) is 0. The molecular weight excluding hydrogens is 218 g/mol. The van der Waals surface area contributed by atoms with E-state index in [1.54, 1.807) is 11.3 Å². The van der Waals surface area contributed by atoms with E-state index in [-0.39, 0.29) is 0 Å². The maximum Gasteiger partial charge on any atom is 0.131 e. The van der Waals surface area contributed by atoms with Gasteiger partial charge < -0.3 is 5.32 Å². The SMILES string of the molecule is CCC1CCC(NCc2nnc(C)s2)CC1. The highest BCUT2D eigenvalue weighted by molar-refractivity contribution is 7.11. The van der Waals surface area contributed by atoms with Gasteiger partial charge in [-0.25, -0.2) is 0 Å². The monoisotopic (exact) mass is 239 g/mol. The Balaban J connectivity index is 1.71. The molecule has 1 aromatic heterocycles. The smallest absolute Gasteiger partial charge is 0.131 e. The number of rotatable bonds is 4. The molecule has 0 spiro atoms. The van der Waals surface area contributed by atoms with Crippen molar-refractivity contribution in [1.29, 1.82) is 0 Å². The number of hydrogen-bond acceptors (Lipinski definition) is 4. The molecule has 1 aliphatic rings. The van der Waals surface area contributed by atoms with Crippen LogP contribution in [0.5, 0.6) is 0 Å². The lowest BCUT2D eigenvalue weighted by Crippen LogP contribution is -2.32. The Kier molecular flexibility index (Phi) is 4.29. The molecule has 0 aromatic carbocycles. The molecule has 3 nitrogen and oxygen atoms in total. The predicted octanol–water partition coefficient (Wildman–Crippen LogP) is 2.90. The lowest BCUT2D eigenvalue weighted by atomic mass is 9.84. The number of aryl methyl sites for hydroxylation is 1. The molecule has 1 N–H and O–H groups in total. The van der Waals surface area contributed by atoms with Crippen LogP contribution in [0.25, 0.3) is 0 Å². The van der Waals surface area contributed by atoms with Gasteiger partial charge >= 0.3 is 0 Å². The van der Waals surface area contributed by atoms with Crippen molar-refractivity contribution in [3.8, 4) is 0 Å². The fourth-order valence-electron chi connectivity index (χ4n) is 2.42. The Labute approximate surface area is 102 Å². The lowest BCUT2D eigenvalue weighted by molar-refractivity contribution is 0.285. The summed E-state index contributed by atoms with van der Waals surface area (Å²) >= 11 is 1.70. The maximum atomic E-state index is 4.14. The molecule has 0 radical (unpaired) electrons. The quantitative estimate of drug-likeness (QED) is 0.878. The van der Waals surface area contributed by atoms with E-state index in [4.69, 9.17) is 0 Å². The first-order valence-corrected chi connectivity index (χ1v) is 7.12. The Morgan fingerprint density at radius 2 is 2.00 bits per heavy atom. The number of aromatic nitrogens is 2. The van der Waals surface area contributed by atoms with Gasteiger partial charge in [0.05, 0.1) is 0 Å². The molecule has 0 saturated heterocycles. The molecule has 1 aliphatic carbocycles. The highest BCUT2D eigenvalue weighted by Gasteiger charge is 2.19. The molecule has 16 heavy (non-hydrogen) atoms. The van der Waals surface area contributed by atoms with E-state index in [1.807, 2.05) is 6.92 Å². The molecule has 0 unspecified atom stereocenters. The summed E-state index contributed by atoms with van der Waals surface area (Å²) in [7, 11) is 0. The van der Waals surface area contributed by atoms with Crippen molar-refractivity contribution < 1.29 is 0 Å².